The molecule has 4 aromatic rings. The number of aryl methyl sites for hydroxylation is 3. The highest BCUT2D eigenvalue weighted by Gasteiger charge is 2.24. The van der Waals surface area contributed by atoms with Gasteiger partial charge in [-0.1, -0.05) is 40.9 Å². The van der Waals surface area contributed by atoms with E-state index in [1.165, 1.54) is 4.90 Å². The Kier molecular flexibility index (Phi) is 12.0. The van der Waals surface area contributed by atoms with Crippen LogP contribution in [0.3, 0.4) is 0 Å². The van der Waals surface area contributed by atoms with Crippen LogP contribution in [0, 0.1) is 20.8 Å². The van der Waals surface area contributed by atoms with Gasteiger partial charge in [0, 0.05) is 60.7 Å². The van der Waals surface area contributed by atoms with Gasteiger partial charge in [0.25, 0.3) is 0 Å². The van der Waals surface area contributed by atoms with E-state index in [9.17, 15) is 4.79 Å². The van der Waals surface area contributed by atoms with E-state index < -0.39 is 6.09 Å². The first-order valence-corrected chi connectivity index (χ1v) is 16.7. The molecule has 5 rings (SSSR count). The number of amides is 1. The second-order valence-corrected chi connectivity index (χ2v) is 12.8. The Labute approximate surface area is 292 Å². The zero-order chi connectivity index (χ0) is 34.2. The third-order valence-corrected chi connectivity index (χ3v) is 8.76. The first-order valence-electron chi connectivity index (χ1n) is 15.9. The number of hydrogen-bond donors (Lipinski definition) is 1. The van der Waals surface area contributed by atoms with Gasteiger partial charge in [0.2, 0.25) is 5.95 Å². The summed E-state index contributed by atoms with van der Waals surface area (Å²) in [6, 6.07) is 16.2. The zero-order valence-corrected chi connectivity index (χ0v) is 29.6. The first kappa shape index (κ1) is 35.2. The molecular weight excluding hydrogens is 651 g/mol. The highest BCUT2D eigenvalue weighted by atomic mass is 35.5. The molecule has 0 atom stereocenters. The van der Waals surface area contributed by atoms with Crippen molar-refractivity contribution in [2.75, 3.05) is 63.7 Å². The Bertz CT molecular complexity index is 1710. The van der Waals surface area contributed by atoms with Crippen molar-refractivity contribution in [1.29, 1.82) is 0 Å². The molecule has 0 unspecified atom stereocenters. The van der Waals surface area contributed by atoms with Gasteiger partial charge >= 0.3 is 6.09 Å². The zero-order valence-electron chi connectivity index (χ0n) is 28.1. The fraction of sp³-hybridized carbons (Fsp3) is 0.361. The summed E-state index contributed by atoms with van der Waals surface area (Å²) in [4.78, 5) is 29.1. The van der Waals surface area contributed by atoms with Gasteiger partial charge in [-0.05, 0) is 87.3 Å². The number of rotatable bonds is 12. The van der Waals surface area contributed by atoms with Crippen molar-refractivity contribution in [2.24, 2.45) is 0 Å². The lowest BCUT2D eigenvalue weighted by Crippen LogP contribution is -2.44. The van der Waals surface area contributed by atoms with Gasteiger partial charge < -0.3 is 29.3 Å². The maximum absolute atomic E-state index is 13.8. The molecular formula is C36H42Cl2N6O4. The number of anilines is 3. The molecule has 2 heterocycles. The van der Waals surface area contributed by atoms with E-state index in [-0.39, 0.29) is 12.5 Å². The van der Waals surface area contributed by atoms with E-state index in [0.717, 1.165) is 55.8 Å². The lowest BCUT2D eigenvalue weighted by Gasteiger charge is -2.32. The van der Waals surface area contributed by atoms with Gasteiger partial charge in [0.05, 0.1) is 20.3 Å². The summed E-state index contributed by atoms with van der Waals surface area (Å²) < 4.78 is 17.7. The summed E-state index contributed by atoms with van der Waals surface area (Å²) in [6.45, 7) is 11.8. The quantitative estimate of drug-likeness (QED) is 0.150. The van der Waals surface area contributed by atoms with Crippen molar-refractivity contribution >= 4 is 46.7 Å². The maximum Gasteiger partial charge on any atom is 0.421 e. The van der Waals surface area contributed by atoms with Crippen molar-refractivity contribution in [2.45, 2.75) is 33.7 Å². The number of methoxy groups -OCH3 is 1. The molecule has 0 saturated carbocycles. The third-order valence-electron chi connectivity index (χ3n) is 8.16. The fourth-order valence-corrected chi connectivity index (χ4v) is 6.01. The van der Waals surface area contributed by atoms with Crippen LogP contribution in [0.1, 0.15) is 28.7 Å². The summed E-state index contributed by atoms with van der Waals surface area (Å²) in [5.41, 5.74) is 4.10. The van der Waals surface area contributed by atoms with E-state index in [1.54, 1.807) is 37.6 Å². The van der Waals surface area contributed by atoms with Gasteiger partial charge in [-0.15, -0.1) is 0 Å². The predicted molar refractivity (Wildman–Crippen MR) is 192 cm³/mol. The van der Waals surface area contributed by atoms with Crippen molar-refractivity contribution in [3.63, 3.8) is 0 Å². The van der Waals surface area contributed by atoms with Crippen molar-refractivity contribution in [3.05, 3.63) is 93.1 Å². The lowest BCUT2D eigenvalue weighted by atomic mass is 10.1. The van der Waals surface area contributed by atoms with E-state index in [1.807, 2.05) is 51.1 Å². The topological polar surface area (TPSA) is 92.3 Å². The standard InChI is InChI=1S/C36H42Cl2N6O4/c1-24-19-25(2)34(26(3)20-24)48-36(45)44(23-27-21-28(37)7-9-30(27)38)33-11-12-39-35(41-33)40-29-8-10-31(32(22-29)46-5)47-18-6-13-43-16-14-42(4)15-17-43/h7-12,19-22H,6,13-18,23H2,1-5H3,(H,39,40,41). The smallest absolute Gasteiger partial charge is 0.421 e. The molecule has 0 radical (unpaired) electrons. The average molecular weight is 694 g/mol. The second kappa shape index (κ2) is 16.3. The van der Waals surface area contributed by atoms with Crippen molar-refractivity contribution in [1.82, 2.24) is 19.8 Å². The molecule has 1 aliphatic rings. The van der Waals surface area contributed by atoms with Crippen LogP contribution in [0.5, 0.6) is 17.2 Å². The molecule has 10 nitrogen and oxygen atoms in total. The van der Waals surface area contributed by atoms with E-state index in [0.29, 0.717) is 51.0 Å². The Balaban J connectivity index is 1.31. The predicted octanol–water partition coefficient (Wildman–Crippen LogP) is 7.68. The highest BCUT2D eigenvalue weighted by Crippen LogP contribution is 2.32. The lowest BCUT2D eigenvalue weighted by molar-refractivity contribution is 0.145. The molecule has 1 N–H and O–H groups in total. The molecule has 1 saturated heterocycles. The SMILES string of the molecule is COc1cc(Nc2nccc(N(Cc3cc(Cl)ccc3Cl)C(=O)Oc3c(C)cc(C)cc3C)n2)ccc1OCCCN1CCN(C)CC1. The van der Waals surface area contributed by atoms with Crippen LogP contribution in [0.4, 0.5) is 22.2 Å². The number of halogens is 2. The number of ether oxygens (including phenoxy) is 3. The van der Waals surface area contributed by atoms with Crippen molar-refractivity contribution < 1.29 is 19.0 Å². The fourth-order valence-electron chi connectivity index (χ4n) is 5.64. The molecule has 1 aliphatic heterocycles. The summed E-state index contributed by atoms with van der Waals surface area (Å²) in [6.07, 6.45) is 1.87. The number of hydrogen-bond acceptors (Lipinski definition) is 9. The van der Waals surface area contributed by atoms with Gasteiger partial charge in [-0.3, -0.25) is 4.90 Å². The molecule has 254 valence electrons. The minimum Gasteiger partial charge on any atom is -0.493 e. The number of likely N-dealkylation sites (N-methyl/N-ethyl adjacent to an activating group) is 1. The normalized spacial score (nSPS) is 13.6. The molecule has 0 bridgehead atoms. The summed E-state index contributed by atoms with van der Waals surface area (Å²) >= 11 is 12.8. The third kappa shape index (κ3) is 9.29. The van der Waals surface area contributed by atoms with Crippen LogP contribution < -0.4 is 24.4 Å². The van der Waals surface area contributed by atoms with Crippen LogP contribution in [-0.2, 0) is 6.54 Å². The number of aromatic nitrogens is 2. The molecule has 3 aromatic carbocycles. The highest BCUT2D eigenvalue weighted by molar-refractivity contribution is 6.33. The Morgan fingerprint density at radius 3 is 2.44 bits per heavy atom. The number of carbonyl (C=O) groups is 1. The Hall–Kier alpha value is -4.09. The summed E-state index contributed by atoms with van der Waals surface area (Å²) in [5, 5.41) is 4.17. The maximum atomic E-state index is 13.8. The van der Waals surface area contributed by atoms with Crippen LogP contribution in [0.2, 0.25) is 10.0 Å². The average Bonchev–Trinajstić information content (AvgIpc) is 3.06. The van der Waals surface area contributed by atoms with Crippen LogP contribution >= 0.6 is 23.2 Å². The van der Waals surface area contributed by atoms with Crippen LogP contribution in [0.25, 0.3) is 0 Å². The van der Waals surface area contributed by atoms with Gasteiger partial charge in [-0.25, -0.2) is 9.78 Å². The van der Waals surface area contributed by atoms with Gasteiger partial charge in [-0.2, -0.15) is 4.98 Å². The number of piperazine rings is 1. The van der Waals surface area contributed by atoms with Gasteiger partial charge in [0.1, 0.15) is 11.6 Å². The second-order valence-electron chi connectivity index (χ2n) is 12.0. The van der Waals surface area contributed by atoms with Crippen LogP contribution in [0.15, 0.2) is 60.8 Å². The number of benzene rings is 3. The van der Waals surface area contributed by atoms with E-state index in [4.69, 9.17) is 37.4 Å². The number of carbonyl (C=O) groups excluding carboxylic acids is 1. The van der Waals surface area contributed by atoms with E-state index >= 15 is 0 Å². The van der Waals surface area contributed by atoms with Gasteiger partial charge in [0.15, 0.2) is 11.5 Å². The number of nitrogens with zero attached hydrogens (tertiary/aromatic N) is 5. The Morgan fingerprint density at radius 1 is 0.958 bits per heavy atom. The largest absolute Gasteiger partial charge is 0.493 e. The number of nitrogens with one attached hydrogen (secondary N) is 1. The molecule has 1 amide bonds. The minimum atomic E-state index is -0.624. The minimum absolute atomic E-state index is 0.0628. The molecule has 0 aliphatic carbocycles. The molecule has 0 spiro atoms. The summed E-state index contributed by atoms with van der Waals surface area (Å²) in [5.74, 6) is 2.32. The first-order chi connectivity index (χ1) is 23.1. The van der Waals surface area contributed by atoms with Crippen LogP contribution in [-0.4, -0.2) is 79.3 Å². The Morgan fingerprint density at radius 2 is 1.71 bits per heavy atom. The molecule has 12 heteroatoms. The van der Waals surface area contributed by atoms with Crippen molar-refractivity contribution in [3.8, 4) is 17.2 Å². The molecule has 1 fully saturated rings. The summed E-state index contributed by atoms with van der Waals surface area (Å²) in [7, 11) is 3.77. The van der Waals surface area contributed by atoms with E-state index in [2.05, 4.69) is 32.1 Å². The monoisotopic (exact) mass is 692 g/mol. The molecule has 1 aromatic heterocycles. The molecule has 48 heavy (non-hydrogen) atoms.